The van der Waals surface area contributed by atoms with E-state index in [0.717, 1.165) is 25.2 Å². The Kier molecular flexibility index (Phi) is 5.59. The third kappa shape index (κ3) is 5.29. The molecular weight excluding hydrogens is 210 g/mol. The van der Waals surface area contributed by atoms with Gasteiger partial charge in [0.05, 0.1) is 0 Å². The van der Waals surface area contributed by atoms with Gasteiger partial charge in [0.15, 0.2) is 0 Å². The number of nitrogens with two attached hydrogens (primary N) is 1. The molecule has 1 atom stereocenters. The number of aromatic nitrogens is 1. The summed E-state index contributed by atoms with van der Waals surface area (Å²) in [5, 5.41) is 0. The minimum absolute atomic E-state index is 0.300. The smallest absolute Gasteiger partial charge is 0.0372 e. The molecule has 1 unspecified atom stereocenters. The summed E-state index contributed by atoms with van der Waals surface area (Å²) in [6.45, 7) is 8.34. The molecule has 0 radical (unpaired) electrons. The fourth-order valence-electron chi connectivity index (χ4n) is 1.69. The number of rotatable bonds is 6. The van der Waals surface area contributed by atoms with E-state index >= 15 is 0 Å². The Labute approximate surface area is 105 Å². The molecule has 17 heavy (non-hydrogen) atoms. The van der Waals surface area contributed by atoms with Gasteiger partial charge in [-0.25, -0.2) is 0 Å². The van der Waals surface area contributed by atoms with Crippen molar-refractivity contribution in [1.82, 2.24) is 9.88 Å². The third-order valence-electron chi connectivity index (χ3n) is 3.13. The first-order chi connectivity index (χ1) is 7.99. The quantitative estimate of drug-likeness (QED) is 0.822. The van der Waals surface area contributed by atoms with E-state index in [2.05, 4.69) is 42.9 Å². The molecule has 0 amide bonds. The Morgan fingerprint density at radius 3 is 2.59 bits per heavy atom. The van der Waals surface area contributed by atoms with Crippen LogP contribution in [0, 0.1) is 12.8 Å². The van der Waals surface area contributed by atoms with Gasteiger partial charge < -0.3 is 10.6 Å². The number of aryl methyl sites for hydroxylation is 1. The monoisotopic (exact) mass is 235 g/mol. The van der Waals surface area contributed by atoms with Crippen molar-refractivity contribution in [1.29, 1.82) is 0 Å². The second kappa shape index (κ2) is 6.72. The highest BCUT2D eigenvalue weighted by molar-refractivity contribution is 5.12. The van der Waals surface area contributed by atoms with Crippen molar-refractivity contribution in [2.45, 2.75) is 39.8 Å². The van der Waals surface area contributed by atoms with Crippen LogP contribution in [0.15, 0.2) is 18.3 Å². The topological polar surface area (TPSA) is 42.1 Å². The zero-order valence-electron chi connectivity index (χ0n) is 11.5. The fourth-order valence-corrected chi connectivity index (χ4v) is 1.69. The lowest BCUT2D eigenvalue weighted by atomic mass is 10.0. The summed E-state index contributed by atoms with van der Waals surface area (Å²) in [5.41, 5.74) is 8.37. The summed E-state index contributed by atoms with van der Waals surface area (Å²) < 4.78 is 0. The predicted molar refractivity (Wildman–Crippen MR) is 72.7 cm³/mol. The van der Waals surface area contributed by atoms with Gasteiger partial charge >= 0.3 is 0 Å². The second-order valence-electron chi connectivity index (χ2n) is 5.24. The van der Waals surface area contributed by atoms with Gasteiger partial charge in [0.2, 0.25) is 0 Å². The lowest BCUT2D eigenvalue weighted by Gasteiger charge is -2.21. The lowest BCUT2D eigenvalue weighted by molar-refractivity contribution is 0.296. The Bertz CT molecular complexity index is 319. The summed E-state index contributed by atoms with van der Waals surface area (Å²) in [7, 11) is 2.13. The van der Waals surface area contributed by atoms with E-state index in [9.17, 15) is 0 Å². The van der Waals surface area contributed by atoms with Crippen LogP contribution >= 0.6 is 0 Å². The second-order valence-corrected chi connectivity index (χ2v) is 5.24. The summed E-state index contributed by atoms with van der Waals surface area (Å²) in [5.74, 6) is 0.560. The number of pyridine rings is 1. The van der Waals surface area contributed by atoms with E-state index < -0.39 is 0 Å². The van der Waals surface area contributed by atoms with Crippen LogP contribution in [-0.2, 0) is 6.54 Å². The molecule has 1 rings (SSSR count). The van der Waals surface area contributed by atoms with E-state index in [1.54, 1.807) is 0 Å². The minimum Gasteiger partial charge on any atom is -0.327 e. The van der Waals surface area contributed by atoms with Crippen molar-refractivity contribution in [3.8, 4) is 0 Å². The molecule has 0 aliphatic heterocycles. The maximum Gasteiger partial charge on any atom is 0.0372 e. The van der Waals surface area contributed by atoms with Crippen molar-refractivity contribution in [2.24, 2.45) is 11.7 Å². The van der Waals surface area contributed by atoms with Gasteiger partial charge in [-0.1, -0.05) is 19.9 Å². The van der Waals surface area contributed by atoms with E-state index in [1.807, 2.05) is 13.1 Å². The third-order valence-corrected chi connectivity index (χ3v) is 3.13. The number of hydrogen-bond acceptors (Lipinski definition) is 3. The molecule has 0 fully saturated rings. The van der Waals surface area contributed by atoms with Gasteiger partial charge in [-0.05, 0) is 44.5 Å². The molecule has 1 aromatic rings. The molecule has 0 aromatic carbocycles. The van der Waals surface area contributed by atoms with Crippen molar-refractivity contribution in [2.75, 3.05) is 13.6 Å². The zero-order chi connectivity index (χ0) is 12.8. The van der Waals surface area contributed by atoms with Gasteiger partial charge in [0, 0.05) is 24.5 Å². The Morgan fingerprint density at radius 1 is 1.35 bits per heavy atom. The molecule has 0 saturated heterocycles. The summed E-state index contributed by atoms with van der Waals surface area (Å²) in [4.78, 5) is 6.60. The van der Waals surface area contributed by atoms with Crippen LogP contribution in [0.1, 0.15) is 31.5 Å². The van der Waals surface area contributed by atoms with Gasteiger partial charge in [0.25, 0.3) is 0 Å². The van der Waals surface area contributed by atoms with Crippen LogP contribution in [0.25, 0.3) is 0 Å². The Morgan fingerprint density at radius 2 is 2.06 bits per heavy atom. The number of hydrogen-bond donors (Lipinski definition) is 1. The van der Waals surface area contributed by atoms with E-state index in [-0.39, 0.29) is 0 Å². The molecule has 3 heteroatoms. The summed E-state index contributed by atoms with van der Waals surface area (Å²) >= 11 is 0. The zero-order valence-corrected chi connectivity index (χ0v) is 11.5. The first-order valence-electron chi connectivity index (χ1n) is 6.34. The molecule has 0 bridgehead atoms. The summed E-state index contributed by atoms with van der Waals surface area (Å²) in [6.07, 6.45) is 3.00. The van der Waals surface area contributed by atoms with Crippen molar-refractivity contribution >= 4 is 0 Å². The fraction of sp³-hybridized carbons (Fsp3) is 0.643. The molecule has 2 N–H and O–H groups in total. The van der Waals surface area contributed by atoms with E-state index in [1.165, 1.54) is 5.56 Å². The molecule has 0 aliphatic carbocycles. The Hall–Kier alpha value is -0.930. The van der Waals surface area contributed by atoms with Crippen LogP contribution < -0.4 is 5.73 Å². The largest absolute Gasteiger partial charge is 0.327 e. The molecular formula is C14H25N3. The molecule has 0 spiro atoms. The minimum atomic E-state index is 0.300. The van der Waals surface area contributed by atoms with Crippen molar-refractivity contribution in [3.63, 3.8) is 0 Å². The molecule has 3 nitrogen and oxygen atoms in total. The molecule has 1 heterocycles. The first-order valence-corrected chi connectivity index (χ1v) is 6.34. The SMILES string of the molecule is Cc1ccc(CN(C)CCC(N)C(C)C)cn1. The maximum absolute atomic E-state index is 6.04. The van der Waals surface area contributed by atoms with Crippen LogP contribution in [0.4, 0.5) is 0 Å². The standard InChI is InChI=1S/C14H25N3/c1-11(2)14(15)7-8-17(4)10-13-6-5-12(3)16-9-13/h5-6,9,11,14H,7-8,10,15H2,1-4H3. The van der Waals surface area contributed by atoms with Gasteiger partial charge in [-0.15, -0.1) is 0 Å². The number of nitrogens with zero attached hydrogens (tertiary/aromatic N) is 2. The van der Waals surface area contributed by atoms with Crippen LogP contribution in [0.5, 0.6) is 0 Å². The molecule has 0 aliphatic rings. The highest BCUT2D eigenvalue weighted by Gasteiger charge is 2.09. The van der Waals surface area contributed by atoms with Crippen LogP contribution in [0.2, 0.25) is 0 Å². The van der Waals surface area contributed by atoms with Gasteiger partial charge in [-0.2, -0.15) is 0 Å². The van der Waals surface area contributed by atoms with Gasteiger partial charge in [-0.3, -0.25) is 4.98 Å². The molecule has 96 valence electrons. The average molecular weight is 235 g/mol. The van der Waals surface area contributed by atoms with Crippen molar-refractivity contribution < 1.29 is 0 Å². The average Bonchev–Trinajstić information content (AvgIpc) is 2.29. The molecule has 1 aromatic heterocycles. The van der Waals surface area contributed by atoms with Crippen LogP contribution in [-0.4, -0.2) is 29.5 Å². The predicted octanol–water partition coefficient (Wildman–Crippen LogP) is 2.20. The van der Waals surface area contributed by atoms with E-state index in [0.29, 0.717) is 12.0 Å². The maximum atomic E-state index is 6.04. The van der Waals surface area contributed by atoms with Gasteiger partial charge in [0.1, 0.15) is 0 Å². The highest BCUT2D eigenvalue weighted by atomic mass is 15.1. The first kappa shape index (κ1) is 14.1. The van der Waals surface area contributed by atoms with E-state index in [4.69, 9.17) is 5.73 Å². The summed E-state index contributed by atoms with van der Waals surface area (Å²) in [6, 6.07) is 4.50. The highest BCUT2D eigenvalue weighted by Crippen LogP contribution is 2.07. The van der Waals surface area contributed by atoms with Crippen LogP contribution in [0.3, 0.4) is 0 Å². The Balaban J connectivity index is 2.34. The lowest BCUT2D eigenvalue weighted by Crippen LogP contribution is -2.31. The van der Waals surface area contributed by atoms with Crippen molar-refractivity contribution in [3.05, 3.63) is 29.6 Å². The normalized spacial score (nSPS) is 13.4. The molecule has 0 saturated carbocycles.